The average Bonchev–Trinajstić information content (AvgIpc) is 2.76. The van der Waals surface area contributed by atoms with Crippen LogP contribution in [0.2, 0.25) is 0 Å². The van der Waals surface area contributed by atoms with Crippen LogP contribution in [-0.2, 0) is 9.59 Å². The van der Waals surface area contributed by atoms with Crippen molar-refractivity contribution in [2.45, 2.75) is 51.5 Å². The lowest BCUT2D eigenvalue weighted by atomic mass is 9.86. The summed E-state index contributed by atoms with van der Waals surface area (Å²) in [5.41, 5.74) is 0. The zero-order chi connectivity index (χ0) is 12.4. The van der Waals surface area contributed by atoms with Crippen molar-refractivity contribution in [1.29, 1.82) is 0 Å². The summed E-state index contributed by atoms with van der Waals surface area (Å²) < 4.78 is 0. The highest BCUT2D eigenvalue weighted by Gasteiger charge is 2.40. The Morgan fingerprint density at radius 2 is 2.12 bits per heavy atom. The Bertz CT molecular complexity index is 316. The summed E-state index contributed by atoms with van der Waals surface area (Å²) in [6.45, 7) is 1.74. The van der Waals surface area contributed by atoms with Crippen LogP contribution in [0.3, 0.4) is 0 Å². The van der Waals surface area contributed by atoms with Gasteiger partial charge in [-0.25, -0.2) is 0 Å². The summed E-state index contributed by atoms with van der Waals surface area (Å²) in [6.07, 6.45) is 5.73. The number of carboxylic acids is 1. The van der Waals surface area contributed by atoms with Crippen molar-refractivity contribution in [1.82, 2.24) is 5.32 Å². The Labute approximate surface area is 102 Å². The van der Waals surface area contributed by atoms with E-state index in [0.29, 0.717) is 12.3 Å². The number of hydrogen-bond acceptors (Lipinski definition) is 2. The van der Waals surface area contributed by atoms with Crippen LogP contribution in [0.15, 0.2) is 0 Å². The van der Waals surface area contributed by atoms with E-state index in [1.54, 1.807) is 6.92 Å². The van der Waals surface area contributed by atoms with E-state index in [1.165, 1.54) is 25.7 Å². The second-order valence-electron chi connectivity index (χ2n) is 5.71. The monoisotopic (exact) mass is 239 g/mol. The maximum absolute atomic E-state index is 11.8. The molecule has 2 fully saturated rings. The molecule has 0 aliphatic heterocycles. The minimum absolute atomic E-state index is 0.00244. The van der Waals surface area contributed by atoms with Crippen molar-refractivity contribution in [3.05, 3.63) is 0 Å². The molecule has 0 spiro atoms. The molecule has 0 aromatic heterocycles. The van der Waals surface area contributed by atoms with Gasteiger partial charge in [0, 0.05) is 12.5 Å². The van der Waals surface area contributed by atoms with Crippen LogP contribution in [-0.4, -0.2) is 23.0 Å². The van der Waals surface area contributed by atoms with E-state index >= 15 is 0 Å². The molecule has 4 heteroatoms. The van der Waals surface area contributed by atoms with E-state index in [2.05, 4.69) is 5.32 Å². The van der Waals surface area contributed by atoms with Gasteiger partial charge in [-0.2, -0.15) is 0 Å². The highest BCUT2D eigenvalue weighted by atomic mass is 16.4. The van der Waals surface area contributed by atoms with Crippen LogP contribution in [0.5, 0.6) is 0 Å². The zero-order valence-electron chi connectivity index (χ0n) is 10.3. The second-order valence-corrected chi connectivity index (χ2v) is 5.71. The van der Waals surface area contributed by atoms with Crippen molar-refractivity contribution in [3.63, 3.8) is 0 Å². The first-order valence-electron chi connectivity index (χ1n) is 6.55. The van der Waals surface area contributed by atoms with Gasteiger partial charge in [-0.1, -0.05) is 6.42 Å². The SMILES string of the molecule is CC(CC(=O)O)NC(=O)CC1CC2CCC1C2. The molecule has 0 saturated heterocycles. The van der Waals surface area contributed by atoms with Gasteiger partial charge >= 0.3 is 5.97 Å². The number of carbonyl (C=O) groups excluding carboxylic acids is 1. The summed E-state index contributed by atoms with van der Waals surface area (Å²) in [6, 6.07) is -0.265. The summed E-state index contributed by atoms with van der Waals surface area (Å²) in [5.74, 6) is 1.31. The highest BCUT2D eigenvalue weighted by Crippen LogP contribution is 2.49. The number of carboxylic acid groups (broad SMARTS) is 1. The van der Waals surface area contributed by atoms with Crippen LogP contribution in [0.25, 0.3) is 0 Å². The minimum atomic E-state index is -0.863. The molecule has 4 unspecified atom stereocenters. The number of amides is 1. The smallest absolute Gasteiger partial charge is 0.305 e. The highest BCUT2D eigenvalue weighted by molar-refractivity contribution is 5.77. The van der Waals surface area contributed by atoms with Gasteiger partial charge < -0.3 is 10.4 Å². The lowest BCUT2D eigenvalue weighted by Crippen LogP contribution is -2.35. The number of fused-ring (bicyclic) bond motifs is 2. The Morgan fingerprint density at radius 1 is 1.35 bits per heavy atom. The Balaban J connectivity index is 1.72. The van der Waals surface area contributed by atoms with E-state index in [0.717, 1.165) is 11.8 Å². The van der Waals surface area contributed by atoms with E-state index in [-0.39, 0.29) is 18.4 Å². The van der Waals surface area contributed by atoms with E-state index in [4.69, 9.17) is 5.11 Å². The predicted molar refractivity (Wildman–Crippen MR) is 63.4 cm³/mol. The zero-order valence-corrected chi connectivity index (χ0v) is 10.3. The molecule has 2 aliphatic rings. The molecule has 2 N–H and O–H groups in total. The molecule has 96 valence electrons. The van der Waals surface area contributed by atoms with Gasteiger partial charge in [0.1, 0.15) is 0 Å². The van der Waals surface area contributed by atoms with E-state index in [9.17, 15) is 9.59 Å². The molecule has 2 bridgehead atoms. The molecule has 2 aliphatic carbocycles. The number of rotatable bonds is 5. The number of nitrogens with one attached hydrogen (secondary N) is 1. The molecule has 0 aromatic rings. The van der Waals surface area contributed by atoms with E-state index < -0.39 is 5.97 Å². The van der Waals surface area contributed by atoms with Crippen molar-refractivity contribution in [3.8, 4) is 0 Å². The van der Waals surface area contributed by atoms with Crippen molar-refractivity contribution < 1.29 is 14.7 Å². The topological polar surface area (TPSA) is 66.4 Å². The Morgan fingerprint density at radius 3 is 2.65 bits per heavy atom. The molecule has 0 aromatic carbocycles. The maximum Gasteiger partial charge on any atom is 0.305 e. The van der Waals surface area contributed by atoms with Gasteiger partial charge in [0.25, 0.3) is 0 Å². The lowest BCUT2D eigenvalue weighted by Gasteiger charge is -2.21. The van der Waals surface area contributed by atoms with Crippen LogP contribution >= 0.6 is 0 Å². The quantitative estimate of drug-likeness (QED) is 0.768. The molecule has 2 saturated carbocycles. The molecule has 1 amide bonds. The molecule has 2 rings (SSSR count). The fourth-order valence-corrected chi connectivity index (χ4v) is 3.51. The van der Waals surface area contributed by atoms with Crippen molar-refractivity contribution in [2.75, 3.05) is 0 Å². The minimum Gasteiger partial charge on any atom is -0.481 e. The lowest BCUT2D eigenvalue weighted by molar-refractivity contribution is -0.137. The molecule has 0 radical (unpaired) electrons. The number of carbonyl (C=O) groups is 2. The van der Waals surface area contributed by atoms with Crippen molar-refractivity contribution >= 4 is 11.9 Å². The van der Waals surface area contributed by atoms with E-state index in [1.807, 2.05) is 0 Å². The largest absolute Gasteiger partial charge is 0.481 e. The third kappa shape index (κ3) is 3.20. The predicted octanol–water partition coefficient (Wildman–Crippen LogP) is 1.79. The van der Waals surface area contributed by atoms with Crippen molar-refractivity contribution in [2.24, 2.45) is 17.8 Å². The summed E-state index contributed by atoms with van der Waals surface area (Å²) >= 11 is 0. The van der Waals surface area contributed by atoms with Gasteiger partial charge in [-0.3, -0.25) is 9.59 Å². The number of aliphatic carboxylic acids is 1. The normalized spacial score (nSPS) is 32.4. The summed E-state index contributed by atoms with van der Waals surface area (Å²) in [7, 11) is 0. The van der Waals surface area contributed by atoms with Gasteiger partial charge in [-0.05, 0) is 43.9 Å². The second kappa shape index (κ2) is 5.07. The first-order chi connectivity index (χ1) is 8.04. The molecule has 4 atom stereocenters. The first-order valence-corrected chi connectivity index (χ1v) is 6.55. The van der Waals surface area contributed by atoms with Gasteiger partial charge in [0.15, 0.2) is 0 Å². The molecule has 4 nitrogen and oxygen atoms in total. The third-order valence-corrected chi connectivity index (χ3v) is 4.22. The van der Waals surface area contributed by atoms with Gasteiger partial charge in [-0.15, -0.1) is 0 Å². The number of hydrogen-bond donors (Lipinski definition) is 2. The fourth-order valence-electron chi connectivity index (χ4n) is 3.51. The third-order valence-electron chi connectivity index (χ3n) is 4.22. The Kier molecular flexibility index (Phi) is 3.69. The summed E-state index contributed by atoms with van der Waals surface area (Å²) in [4.78, 5) is 22.3. The summed E-state index contributed by atoms with van der Waals surface area (Å²) in [5, 5.41) is 11.4. The van der Waals surface area contributed by atoms with Gasteiger partial charge in [0.2, 0.25) is 5.91 Å². The average molecular weight is 239 g/mol. The molecule has 0 heterocycles. The Hall–Kier alpha value is -1.06. The first kappa shape index (κ1) is 12.4. The van der Waals surface area contributed by atoms with Crippen LogP contribution in [0.1, 0.15) is 45.4 Å². The van der Waals surface area contributed by atoms with Gasteiger partial charge in [0.05, 0.1) is 6.42 Å². The van der Waals surface area contributed by atoms with Crippen LogP contribution in [0, 0.1) is 17.8 Å². The maximum atomic E-state index is 11.8. The fraction of sp³-hybridized carbons (Fsp3) is 0.846. The molecular weight excluding hydrogens is 218 g/mol. The van der Waals surface area contributed by atoms with Crippen LogP contribution in [0.4, 0.5) is 0 Å². The molecule has 17 heavy (non-hydrogen) atoms. The van der Waals surface area contributed by atoms with Crippen LogP contribution < -0.4 is 5.32 Å². The standard InChI is InChI=1S/C13H21NO3/c1-8(4-13(16)17)14-12(15)7-11-6-9-2-3-10(11)5-9/h8-11H,2-7H2,1H3,(H,14,15)(H,16,17). The molecular formula is C13H21NO3.